The normalized spacial score (nSPS) is 21.3. The van der Waals surface area contributed by atoms with Crippen molar-refractivity contribution in [1.29, 1.82) is 0 Å². The molecule has 1 saturated heterocycles. The zero-order valence-electron chi connectivity index (χ0n) is 14.4. The summed E-state index contributed by atoms with van der Waals surface area (Å²) in [5.41, 5.74) is 2.43. The number of aliphatic hydroxyl groups excluding tert-OH is 1. The van der Waals surface area contributed by atoms with E-state index in [0.29, 0.717) is 19.5 Å². The van der Waals surface area contributed by atoms with E-state index in [9.17, 15) is 14.3 Å². The van der Waals surface area contributed by atoms with Crippen molar-refractivity contribution in [3.05, 3.63) is 41.8 Å². The summed E-state index contributed by atoms with van der Waals surface area (Å²) in [6, 6.07) is 6.13. The molecule has 2 atom stereocenters. The molecule has 25 heavy (non-hydrogen) atoms. The number of amides is 1. The molecule has 1 fully saturated rings. The monoisotopic (exact) mass is 346 g/mol. The van der Waals surface area contributed by atoms with Crippen LogP contribution in [0.3, 0.4) is 0 Å². The largest absolute Gasteiger partial charge is 0.392 e. The van der Waals surface area contributed by atoms with Gasteiger partial charge in [-0.1, -0.05) is 0 Å². The van der Waals surface area contributed by atoms with Crippen molar-refractivity contribution in [3.63, 3.8) is 0 Å². The Labute approximate surface area is 146 Å². The average Bonchev–Trinajstić information content (AvgIpc) is 3.05. The summed E-state index contributed by atoms with van der Waals surface area (Å²) in [6.07, 6.45) is 1.67. The van der Waals surface area contributed by atoms with Crippen molar-refractivity contribution >= 4 is 5.91 Å². The highest BCUT2D eigenvalue weighted by Gasteiger charge is 2.33. The molecule has 1 aromatic carbocycles. The van der Waals surface area contributed by atoms with E-state index in [1.807, 2.05) is 7.05 Å². The van der Waals surface area contributed by atoms with Crippen molar-refractivity contribution in [3.8, 4) is 11.3 Å². The van der Waals surface area contributed by atoms with Crippen molar-refractivity contribution < 1.29 is 14.3 Å². The van der Waals surface area contributed by atoms with Crippen LogP contribution in [0.5, 0.6) is 0 Å². The van der Waals surface area contributed by atoms with Gasteiger partial charge in [0.1, 0.15) is 5.82 Å². The molecule has 0 unspecified atom stereocenters. The number of hydrogen-bond acceptors (Lipinski definition) is 4. The Morgan fingerprint density at radius 1 is 1.44 bits per heavy atom. The number of hydrogen-bond donors (Lipinski definition) is 2. The summed E-state index contributed by atoms with van der Waals surface area (Å²) in [7, 11) is 3.68. The maximum Gasteiger partial charge on any atom is 0.229 e. The van der Waals surface area contributed by atoms with Crippen molar-refractivity contribution in [2.75, 3.05) is 27.2 Å². The number of aromatic amines is 1. The highest BCUT2D eigenvalue weighted by atomic mass is 19.1. The number of benzene rings is 1. The van der Waals surface area contributed by atoms with Crippen LogP contribution in [0, 0.1) is 11.7 Å². The molecule has 1 amide bonds. The Kier molecular flexibility index (Phi) is 5.15. The molecule has 2 N–H and O–H groups in total. The van der Waals surface area contributed by atoms with Gasteiger partial charge in [-0.25, -0.2) is 4.39 Å². The molecule has 0 bridgehead atoms. The third-order valence-electron chi connectivity index (χ3n) is 4.73. The zero-order valence-corrected chi connectivity index (χ0v) is 14.4. The lowest BCUT2D eigenvalue weighted by Crippen LogP contribution is -2.48. The third kappa shape index (κ3) is 3.88. The minimum absolute atomic E-state index is 0.0784. The van der Waals surface area contributed by atoms with E-state index >= 15 is 0 Å². The van der Waals surface area contributed by atoms with Gasteiger partial charge in [-0.15, -0.1) is 0 Å². The van der Waals surface area contributed by atoms with E-state index in [1.165, 1.54) is 12.1 Å². The van der Waals surface area contributed by atoms with E-state index < -0.39 is 12.0 Å². The van der Waals surface area contributed by atoms with Crippen LogP contribution in [0.1, 0.15) is 12.0 Å². The summed E-state index contributed by atoms with van der Waals surface area (Å²) in [6.45, 7) is 1.72. The van der Waals surface area contributed by atoms with E-state index in [-0.39, 0.29) is 11.7 Å². The first-order valence-corrected chi connectivity index (χ1v) is 8.35. The Morgan fingerprint density at radius 3 is 2.88 bits per heavy atom. The number of likely N-dealkylation sites (tertiary alicyclic amines) is 1. The standard InChI is InChI=1S/C18H23FN4O2/c1-22-8-7-16(24)15(11-22)18(25)23(2)10-13-9-20-21-17(13)12-3-5-14(19)6-4-12/h3-6,9,15-16,24H,7-8,10-11H2,1-2H3,(H,20,21)/t15-,16-/m1/s1. The lowest BCUT2D eigenvalue weighted by atomic mass is 9.93. The fourth-order valence-electron chi connectivity index (χ4n) is 3.26. The van der Waals surface area contributed by atoms with Gasteiger partial charge in [-0.3, -0.25) is 9.89 Å². The number of rotatable bonds is 4. The number of carbonyl (C=O) groups excluding carboxylic acids is 1. The Morgan fingerprint density at radius 2 is 2.16 bits per heavy atom. The quantitative estimate of drug-likeness (QED) is 0.880. The minimum Gasteiger partial charge on any atom is -0.392 e. The summed E-state index contributed by atoms with van der Waals surface area (Å²) >= 11 is 0. The van der Waals surface area contributed by atoms with Crippen LogP contribution in [-0.2, 0) is 11.3 Å². The van der Waals surface area contributed by atoms with Crippen LogP contribution in [0.15, 0.2) is 30.5 Å². The Hall–Kier alpha value is -2.25. The molecule has 0 spiro atoms. The zero-order chi connectivity index (χ0) is 18.0. The predicted octanol–water partition coefficient (Wildman–Crippen LogP) is 1.49. The van der Waals surface area contributed by atoms with E-state index in [0.717, 1.165) is 23.4 Å². The van der Waals surface area contributed by atoms with E-state index in [4.69, 9.17) is 0 Å². The maximum absolute atomic E-state index is 13.1. The molecule has 6 nitrogen and oxygen atoms in total. The topological polar surface area (TPSA) is 72.5 Å². The number of aliphatic hydroxyl groups is 1. The predicted molar refractivity (Wildman–Crippen MR) is 92.1 cm³/mol. The summed E-state index contributed by atoms with van der Waals surface area (Å²) in [5.74, 6) is -0.789. The van der Waals surface area contributed by atoms with Gasteiger partial charge >= 0.3 is 0 Å². The molecule has 1 aromatic heterocycles. The highest BCUT2D eigenvalue weighted by Crippen LogP contribution is 2.24. The lowest BCUT2D eigenvalue weighted by Gasteiger charge is -2.35. The van der Waals surface area contributed by atoms with Crippen LogP contribution < -0.4 is 0 Å². The van der Waals surface area contributed by atoms with Gasteiger partial charge in [0.2, 0.25) is 5.91 Å². The first-order chi connectivity index (χ1) is 12.0. The van der Waals surface area contributed by atoms with Crippen LogP contribution in [0.4, 0.5) is 4.39 Å². The van der Waals surface area contributed by atoms with Gasteiger partial charge in [-0.05, 0) is 37.7 Å². The number of aromatic nitrogens is 2. The van der Waals surface area contributed by atoms with E-state index in [1.54, 1.807) is 30.3 Å². The first kappa shape index (κ1) is 17.6. The lowest BCUT2D eigenvalue weighted by molar-refractivity contribution is -0.141. The molecule has 7 heteroatoms. The molecule has 0 radical (unpaired) electrons. The molecule has 0 aliphatic carbocycles. The number of nitrogens with one attached hydrogen (secondary N) is 1. The van der Waals surface area contributed by atoms with Gasteiger partial charge in [0, 0.05) is 37.8 Å². The van der Waals surface area contributed by atoms with Gasteiger partial charge in [0.25, 0.3) is 0 Å². The second-order valence-corrected chi connectivity index (χ2v) is 6.70. The second-order valence-electron chi connectivity index (χ2n) is 6.70. The smallest absolute Gasteiger partial charge is 0.229 e. The van der Waals surface area contributed by atoms with Gasteiger partial charge in [0.15, 0.2) is 0 Å². The molecule has 1 aliphatic heterocycles. The molecule has 1 aliphatic rings. The second kappa shape index (κ2) is 7.33. The van der Waals surface area contributed by atoms with Gasteiger partial charge in [0.05, 0.1) is 23.9 Å². The number of nitrogens with zero attached hydrogens (tertiary/aromatic N) is 3. The fourth-order valence-corrected chi connectivity index (χ4v) is 3.26. The molecule has 134 valence electrons. The highest BCUT2D eigenvalue weighted by molar-refractivity contribution is 5.80. The molecule has 0 saturated carbocycles. The fraction of sp³-hybridized carbons (Fsp3) is 0.444. The third-order valence-corrected chi connectivity index (χ3v) is 4.73. The summed E-state index contributed by atoms with van der Waals surface area (Å²) < 4.78 is 13.1. The number of carbonyl (C=O) groups is 1. The summed E-state index contributed by atoms with van der Waals surface area (Å²) in [4.78, 5) is 16.4. The Bertz CT molecular complexity index is 731. The molecule has 2 aromatic rings. The van der Waals surface area contributed by atoms with Gasteiger partial charge in [-0.2, -0.15) is 5.10 Å². The SMILES string of the molecule is CN1CC[C@@H](O)[C@H](C(=O)N(C)Cc2cn[nH]c2-c2ccc(F)cc2)C1. The molecule has 3 rings (SSSR count). The molecule has 2 heterocycles. The van der Waals surface area contributed by atoms with Crippen molar-refractivity contribution in [1.82, 2.24) is 20.0 Å². The molecular weight excluding hydrogens is 323 g/mol. The van der Waals surface area contributed by atoms with Crippen LogP contribution in [0.2, 0.25) is 0 Å². The van der Waals surface area contributed by atoms with Crippen LogP contribution in [-0.4, -0.2) is 64.3 Å². The number of H-pyrrole nitrogens is 1. The molecular formula is C18H23FN4O2. The maximum atomic E-state index is 13.1. The van der Waals surface area contributed by atoms with Crippen LogP contribution >= 0.6 is 0 Å². The number of piperidine rings is 1. The van der Waals surface area contributed by atoms with Crippen LogP contribution in [0.25, 0.3) is 11.3 Å². The first-order valence-electron chi connectivity index (χ1n) is 8.35. The van der Waals surface area contributed by atoms with Crippen molar-refractivity contribution in [2.24, 2.45) is 5.92 Å². The van der Waals surface area contributed by atoms with Crippen molar-refractivity contribution in [2.45, 2.75) is 19.1 Å². The van der Waals surface area contributed by atoms with Gasteiger partial charge < -0.3 is 14.9 Å². The summed E-state index contributed by atoms with van der Waals surface area (Å²) in [5, 5.41) is 17.1. The minimum atomic E-state index is -0.605. The average molecular weight is 346 g/mol. The number of halogens is 1. The Balaban J connectivity index is 1.73. The van der Waals surface area contributed by atoms with E-state index in [2.05, 4.69) is 15.1 Å².